The molecule has 2 rings (SSSR count). The third-order valence-electron chi connectivity index (χ3n) is 2.96. The lowest BCUT2D eigenvalue weighted by Crippen LogP contribution is -2.27. The van der Waals surface area contributed by atoms with Gasteiger partial charge in [0.2, 0.25) is 5.95 Å². The molecule has 1 atom stereocenters. The molecule has 1 aliphatic carbocycles. The first-order chi connectivity index (χ1) is 7.70. The van der Waals surface area contributed by atoms with Gasteiger partial charge in [0.15, 0.2) is 0 Å². The lowest BCUT2D eigenvalue weighted by atomic mass is 10.1. The van der Waals surface area contributed by atoms with E-state index in [1.165, 1.54) is 0 Å². The van der Waals surface area contributed by atoms with Crippen molar-refractivity contribution in [1.29, 1.82) is 0 Å². The number of aryl methyl sites for hydroxylation is 1. The van der Waals surface area contributed by atoms with Gasteiger partial charge in [0, 0.05) is 25.0 Å². The monoisotopic (exact) mass is 223 g/mol. The Morgan fingerprint density at radius 2 is 2.50 bits per heavy atom. The minimum absolute atomic E-state index is 0.0187. The number of carbonyl (C=O) groups is 1. The van der Waals surface area contributed by atoms with E-state index in [4.69, 9.17) is 5.11 Å². The zero-order valence-electron chi connectivity index (χ0n) is 9.39. The van der Waals surface area contributed by atoms with Crippen molar-refractivity contribution in [2.75, 3.05) is 5.32 Å². The summed E-state index contributed by atoms with van der Waals surface area (Å²) in [4.78, 5) is 15.0. The molecular weight excluding hydrogens is 206 g/mol. The van der Waals surface area contributed by atoms with Crippen molar-refractivity contribution in [1.82, 2.24) is 9.55 Å². The minimum atomic E-state index is -0.751. The molecule has 0 aromatic carbocycles. The highest BCUT2D eigenvalue weighted by Gasteiger charge is 2.33. The van der Waals surface area contributed by atoms with Crippen LogP contribution in [-0.2, 0) is 11.3 Å². The number of hydrogen-bond donors (Lipinski definition) is 2. The number of carboxylic acids is 1. The molecule has 1 saturated carbocycles. The molecule has 0 radical (unpaired) electrons. The van der Waals surface area contributed by atoms with Gasteiger partial charge in [0.25, 0.3) is 0 Å². The summed E-state index contributed by atoms with van der Waals surface area (Å²) < 4.78 is 1.98. The van der Waals surface area contributed by atoms with Gasteiger partial charge in [-0.3, -0.25) is 4.79 Å². The number of aliphatic carboxylic acids is 1. The van der Waals surface area contributed by atoms with E-state index in [1.807, 2.05) is 17.7 Å². The highest BCUT2D eigenvalue weighted by atomic mass is 16.4. The van der Waals surface area contributed by atoms with Crippen molar-refractivity contribution in [3.8, 4) is 0 Å². The van der Waals surface area contributed by atoms with E-state index in [0.717, 1.165) is 25.3 Å². The molecule has 1 heterocycles. The van der Waals surface area contributed by atoms with Gasteiger partial charge in [-0.05, 0) is 25.7 Å². The quantitative estimate of drug-likeness (QED) is 0.768. The molecular formula is C11H17N3O2. The van der Waals surface area contributed by atoms with Gasteiger partial charge in [-0.1, -0.05) is 0 Å². The second-order valence-corrected chi connectivity index (χ2v) is 4.22. The smallest absolute Gasteiger partial charge is 0.305 e. The first-order valence-electron chi connectivity index (χ1n) is 5.70. The number of aromatic nitrogens is 2. The predicted octanol–water partition coefficient (Wildman–Crippen LogP) is 1.57. The number of carboxylic acid groups (broad SMARTS) is 1. The summed E-state index contributed by atoms with van der Waals surface area (Å²) in [5.41, 5.74) is 0. The molecule has 2 N–H and O–H groups in total. The Kier molecular flexibility index (Phi) is 3.12. The third-order valence-corrected chi connectivity index (χ3v) is 2.96. The number of anilines is 1. The third kappa shape index (κ3) is 2.53. The van der Waals surface area contributed by atoms with Gasteiger partial charge in [-0.15, -0.1) is 0 Å². The first kappa shape index (κ1) is 11.0. The van der Waals surface area contributed by atoms with Gasteiger partial charge >= 0.3 is 5.97 Å². The largest absolute Gasteiger partial charge is 0.481 e. The Morgan fingerprint density at radius 3 is 3.06 bits per heavy atom. The summed E-state index contributed by atoms with van der Waals surface area (Å²) in [5.74, 6) is 0.526. The maximum absolute atomic E-state index is 10.8. The van der Waals surface area contributed by atoms with Crippen molar-refractivity contribution in [2.24, 2.45) is 5.92 Å². The van der Waals surface area contributed by atoms with Crippen molar-refractivity contribution in [3.63, 3.8) is 0 Å². The molecule has 0 saturated heterocycles. The first-order valence-corrected chi connectivity index (χ1v) is 5.70. The van der Waals surface area contributed by atoms with Crippen LogP contribution in [0.4, 0.5) is 5.95 Å². The van der Waals surface area contributed by atoms with Crippen LogP contribution in [0.15, 0.2) is 12.4 Å². The molecule has 1 fully saturated rings. The van der Waals surface area contributed by atoms with Gasteiger partial charge in [-0.25, -0.2) is 4.98 Å². The summed E-state index contributed by atoms with van der Waals surface area (Å²) in [6, 6.07) is 0.0187. The maximum Gasteiger partial charge on any atom is 0.305 e. The molecule has 88 valence electrons. The fourth-order valence-electron chi connectivity index (χ4n) is 1.89. The highest BCUT2D eigenvalue weighted by molar-refractivity contribution is 5.68. The molecule has 1 unspecified atom stereocenters. The zero-order valence-corrected chi connectivity index (χ0v) is 9.39. The Bertz CT molecular complexity index is 371. The highest BCUT2D eigenvalue weighted by Crippen LogP contribution is 2.35. The fourth-order valence-corrected chi connectivity index (χ4v) is 1.89. The molecule has 1 aromatic rings. The number of nitrogens with one attached hydrogen (secondary N) is 1. The van der Waals surface area contributed by atoms with Crippen molar-refractivity contribution in [3.05, 3.63) is 12.4 Å². The molecule has 1 aromatic heterocycles. The molecule has 0 amide bonds. The molecule has 5 heteroatoms. The molecule has 1 aliphatic rings. The number of nitrogens with zero attached hydrogens (tertiary/aromatic N) is 2. The van der Waals surface area contributed by atoms with Crippen molar-refractivity contribution >= 4 is 11.9 Å². The van der Waals surface area contributed by atoms with Crippen LogP contribution in [0.25, 0.3) is 0 Å². The van der Waals surface area contributed by atoms with Crippen molar-refractivity contribution < 1.29 is 9.90 Å². The van der Waals surface area contributed by atoms with Crippen LogP contribution < -0.4 is 5.32 Å². The number of rotatable bonds is 6. The van der Waals surface area contributed by atoms with Crippen LogP contribution in [0.3, 0.4) is 0 Å². The minimum Gasteiger partial charge on any atom is -0.481 e. The Labute approximate surface area is 94.5 Å². The van der Waals surface area contributed by atoms with Gasteiger partial charge in [-0.2, -0.15) is 0 Å². The molecule has 16 heavy (non-hydrogen) atoms. The second kappa shape index (κ2) is 4.55. The summed E-state index contributed by atoms with van der Waals surface area (Å²) in [7, 11) is 0. The van der Waals surface area contributed by atoms with E-state index in [9.17, 15) is 4.79 Å². The zero-order chi connectivity index (χ0) is 11.5. The van der Waals surface area contributed by atoms with Gasteiger partial charge < -0.3 is 15.0 Å². The van der Waals surface area contributed by atoms with Crippen LogP contribution in [-0.4, -0.2) is 26.7 Å². The molecule has 0 spiro atoms. The Morgan fingerprint density at radius 1 is 1.75 bits per heavy atom. The molecule has 0 bridgehead atoms. The van der Waals surface area contributed by atoms with E-state index in [-0.39, 0.29) is 12.5 Å². The lowest BCUT2D eigenvalue weighted by Gasteiger charge is -2.17. The lowest BCUT2D eigenvalue weighted by molar-refractivity contribution is -0.137. The van der Waals surface area contributed by atoms with Gasteiger partial charge in [0.1, 0.15) is 0 Å². The van der Waals surface area contributed by atoms with Crippen LogP contribution in [0.2, 0.25) is 0 Å². The molecule has 0 aliphatic heterocycles. The molecule has 5 nitrogen and oxygen atoms in total. The van der Waals surface area contributed by atoms with Crippen LogP contribution in [0, 0.1) is 5.92 Å². The van der Waals surface area contributed by atoms with Crippen LogP contribution in [0.5, 0.6) is 0 Å². The van der Waals surface area contributed by atoms with E-state index < -0.39 is 5.97 Å². The topological polar surface area (TPSA) is 67.2 Å². The summed E-state index contributed by atoms with van der Waals surface area (Å²) in [6.07, 6.45) is 6.04. The maximum atomic E-state index is 10.8. The average Bonchev–Trinajstić information content (AvgIpc) is 2.98. The Balaban J connectivity index is 2.02. The Hall–Kier alpha value is -1.52. The average molecular weight is 223 g/mol. The van der Waals surface area contributed by atoms with E-state index >= 15 is 0 Å². The normalized spacial score (nSPS) is 17.1. The number of hydrogen-bond acceptors (Lipinski definition) is 3. The van der Waals surface area contributed by atoms with Crippen LogP contribution in [0.1, 0.15) is 26.2 Å². The van der Waals surface area contributed by atoms with Crippen molar-refractivity contribution in [2.45, 2.75) is 38.8 Å². The van der Waals surface area contributed by atoms with E-state index in [0.29, 0.717) is 5.92 Å². The SMILES string of the molecule is CCn1ccnc1NC(CC(=O)O)C1CC1. The summed E-state index contributed by atoms with van der Waals surface area (Å²) in [6.45, 7) is 2.88. The van der Waals surface area contributed by atoms with E-state index in [2.05, 4.69) is 10.3 Å². The van der Waals surface area contributed by atoms with Gasteiger partial charge in [0.05, 0.1) is 6.42 Å². The standard InChI is InChI=1S/C11H17N3O2/c1-2-14-6-5-12-11(14)13-9(7-10(15)16)8-3-4-8/h5-6,8-9H,2-4,7H2,1H3,(H,12,13)(H,15,16). The summed E-state index contributed by atoms with van der Waals surface area (Å²) >= 11 is 0. The summed E-state index contributed by atoms with van der Waals surface area (Å²) in [5, 5.41) is 12.1. The second-order valence-electron chi connectivity index (χ2n) is 4.22. The van der Waals surface area contributed by atoms with Crippen LogP contribution >= 0.6 is 0 Å². The fraction of sp³-hybridized carbons (Fsp3) is 0.636. The van der Waals surface area contributed by atoms with E-state index in [1.54, 1.807) is 6.20 Å². The number of imidazole rings is 1. The predicted molar refractivity (Wildman–Crippen MR) is 60.3 cm³/mol.